The molecule has 0 aliphatic heterocycles. The fraction of sp³-hybridized carbons (Fsp3) is 0.500. The fourth-order valence-corrected chi connectivity index (χ4v) is 2.23. The molecule has 0 atom stereocenters. The van der Waals surface area contributed by atoms with Gasteiger partial charge in [-0.1, -0.05) is 0 Å². The number of rotatable bonds is 6. The van der Waals surface area contributed by atoms with Crippen LogP contribution >= 0.6 is 0 Å². The fourth-order valence-electron chi connectivity index (χ4n) is 2.23. The van der Waals surface area contributed by atoms with Crippen molar-refractivity contribution in [3.05, 3.63) is 23.1 Å². The van der Waals surface area contributed by atoms with Crippen LogP contribution in [0, 0.1) is 13.8 Å². The lowest BCUT2D eigenvalue weighted by molar-refractivity contribution is -0.173. The van der Waals surface area contributed by atoms with E-state index in [-0.39, 0.29) is 18.8 Å². The van der Waals surface area contributed by atoms with Crippen LogP contribution in [-0.4, -0.2) is 51.8 Å². The van der Waals surface area contributed by atoms with E-state index in [1.807, 2.05) is 20.9 Å². The van der Waals surface area contributed by atoms with Crippen molar-refractivity contribution < 1.29 is 22.7 Å². The molecule has 0 aliphatic rings. The molecule has 0 aliphatic carbocycles. The number of carbonyl (C=O) groups is 1. The van der Waals surface area contributed by atoms with Gasteiger partial charge in [-0.05, 0) is 19.9 Å². The van der Waals surface area contributed by atoms with E-state index in [4.69, 9.17) is 0 Å². The average molecular weight is 345 g/mol. The lowest BCUT2D eigenvalue weighted by atomic mass is 10.1. The maximum Gasteiger partial charge on any atom is 0.411 e. The summed E-state index contributed by atoms with van der Waals surface area (Å²) >= 11 is 0. The normalized spacial score (nSPS) is 11.8. The summed E-state index contributed by atoms with van der Waals surface area (Å²) in [6, 6.07) is 1.57. The number of halogens is 3. The molecular weight excluding hydrogens is 327 g/mol. The zero-order valence-corrected chi connectivity index (χ0v) is 13.5. The molecule has 0 unspecified atom stereocenters. The quantitative estimate of drug-likeness (QED) is 0.781. The topological polar surface area (TPSA) is 84.8 Å². The van der Waals surface area contributed by atoms with Gasteiger partial charge in [0.25, 0.3) is 5.91 Å². The van der Waals surface area contributed by atoms with Gasteiger partial charge in [0.05, 0.1) is 18.0 Å². The number of alkyl halides is 3. The molecule has 0 saturated carbocycles. The van der Waals surface area contributed by atoms with E-state index in [1.54, 1.807) is 10.7 Å². The van der Waals surface area contributed by atoms with Crippen LogP contribution < -0.4 is 5.32 Å². The molecule has 0 spiro atoms. The second-order valence-electron chi connectivity index (χ2n) is 5.26. The van der Waals surface area contributed by atoms with Crippen molar-refractivity contribution in [2.24, 2.45) is 7.05 Å². The number of aromatic nitrogens is 4. The van der Waals surface area contributed by atoms with E-state index in [1.165, 1.54) is 0 Å². The number of aromatic amines is 1. The minimum Gasteiger partial charge on any atom is -0.370 e. The first-order chi connectivity index (χ1) is 11.2. The van der Waals surface area contributed by atoms with Gasteiger partial charge in [0.2, 0.25) is 0 Å². The van der Waals surface area contributed by atoms with Gasteiger partial charge >= 0.3 is 6.18 Å². The molecule has 0 saturated heterocycles. The van der Waals surface area contributed by atoms with E-state index >= 15 is 0 Å². The van der Waals surface area contributed by atoms with E-state index in [0.29, 0.717) is 5.69 Å². The van der Waals surface area contributed by atoms with Crippen LogP contribution in [0.3, 0.4) is 0 Å². The van der Waals surface area contributed by atoms with Gasteiger partial charge in [-0.3, -0.25) is 14.6 Å². The number of hydrogen-bond acceptors (Lipinski definition) is 4. The molecule has 132 valence electrons. The second kappa shape index (κ2) is 7.04. The maximum atomic E-state index is 11.9. The number of nitrogens with one attached hydrogen (secondary N) is 2. The van der Waals surface area contributed by atoms with Crippen LogP contribution in [0.5, 0.6) is 0 Å². The molecule has 2 heterocycles. The molecule has 1 amide bonds. The highest BCUT2D eigenvalue weighted by atomic mass is 19.4. The summed E-state index contributed by atoms with van der Waals surface area (Å²) < 4.78 is 41.9. The molecule has 10 heteroatoms. The van der Waals surface area contributed by atoms with Crippen molar-refractivity contribution in [1.82, 2.24) is 25.3 Å². The first-order valence-corrected chi connectivity index (χ1v) is 7.17. The number of H-pyrrole nitrogens is 1. The van der Waals surface area contributed by atoms with E-state index in [2.05, 4.69) is 25.3 Å². The lowest BCUT2D eigenvalue weighted by Crippen LogP contribution is -2.29. The van der Waals surface area contributed by atoms with Crippen molar-refractivity contribution >= 4 is 5.91 Å². The van der Waals surface area contributed by atoms with Gasteiger partial charge in [0.15, 0.2) is 0 Å². The molecule has 2 aromatic heterocycles. The predicted molar refractivity (Wildman–Crippen MR) is 79.5 cm³/mol. The zero-order valence-electron chi connectivity index (χ0n) is 13.5. The van der Waals surface area contributed by atoms with Crippen LogP contribution in [0.4, 0.5) is 13.2 Å². The number of nitrogens with zero attached hydrogens (tertiary/aromatic N) is 3. The first-order valence-electron chi connectivity index (χ1n) is 7.17. The summed E-state index contributed by atoms with van der Waals surface area (Å²) in [5, 5.41) is 13.5. The lowest BCUT2D eigenvalue weighted by Gasteiger charge is -2.07. The summed E-state index contributed by atoms with van der Waals surface area (Å²) in [4.78, 5) is 11.9. The molecule has 0 fully saturated rings. The summed E-state index contributed by atoms with van der Waals surface area (Å²) in [6.45, 7) is 2.13. The Bertz CT molecular complexity index is 721. The van der Waals surface area contributed by atoms with Gasteiger partial charge in [0.1, 0.15) is 12.3 Å². The highest BCUT2D eigenvalue weighted by Gasteiger charge is 2.27. The molecule has 2 rings (SSSR count). The third-order valence-electron chi connectivity index (χ3n) is 3.39. The van der Waals surface area contributed by atoms with Crippen molar-refractivity contribution in [2.45, 2.75) is 20.0 Å². The van der Waals surface area contributed by atoms with Crippen LogP contribution in [0.1, 0.15) is 21.9 Å². The maximum absolute atomic E-state index is 11.9. The Hall–Kier alpha value is -2.36. The van der Waals surface area contributed by atoms with E-state index in [9.17, 15) is 18.0 Å². The molecule has 2 N–H and O–H groups in total. The monoisotopic (exact) mass is 345 g/mol. The van der Waals surface area contributed by atoms with Gasteiger partial charge < -0.3 is 10.1 Å². The minimum absolute atomic E-state index is 0.0335. The number of aryl methyl sites for hydroxylation is 2. The van der Waals surface area contributed by atoms with Crippen molar-refractivity contribution in [1.29, 1.82) is 0 Å². The van der Waals surface area contributed by atoms with Crippen LogP contribution in [-0.2, 0) is 11.8 Å². The molecular formula is C14H18F3N5O2. The Kier molecular flexibility index (Phi) is 5.27. The van der Waals surface area contributed by atoms with Crippen molar-refractivity contribution in [2.75, 3.05) is 19.8 Å². The third kappa shape index (κ3) is 4.34. The van der Waals surface area contributed by atoms with Crippen molar-refractivity contribution in [3.8, 4) is 11.3 Å². The SMILES string of the molecule is Cc1nn(C)c(C)c1-c1cc(C(=O)NCCOCC(F)(F)F)[nH]n1. The van der Waals surface area contributed by atoms with Gasteiger partial charge in [0, 0.05) is 24.8 Å². The highest BCUT2D eigenvalue weighted by Crippen LogP contribution is 2.25. The standard InChI is InChI=1S/C14H18F3N5O2/c1-8-12(9(2)22(3)21-8)10-6-11(20-19-10)13(23)18-4-5-24-7-14(15,16)17/h6H,4-5,7H2,1-3H3,(H,18,23)(H,19,20). The average Bonchev–Trinajstić information content (AvgIpc) is 3.03. The number of carbonyl (C=O) groups excluding carboxylic acids is 1. The number of amides is 1. The third-order valence-corrected chi connectivity index (χ3v) is 3.39. The van der Waals surface area contributed by atoms with E-state index in [0.717, 1.165) is 17.0 Å². The minimum atomic E-state index is -4.37. The first kappa shape index (κ1) is 18.0. The molecule has 7 nitrogen and oxygen atoms in total. The Morgan fingerprint density at radius 1 is 1.42 bits per heavy atom. The number of ether oxygens (including phenoxy) is 1. The van der Waals surface area contributed by atoms with Gasteiger partial charge in [-0.2, -0.15) is 23.4 Å². The Morgan fingerprint density at radius 2 is 2.12 bits per heavy atom. The predicted octanol–water partition coefficient (Wildman–Crippen LogP) is 1.74. The summed E-state index contributed by atoms with van der Waals surface area (Å²) in [5.74, 6) is -0.469. The summed E-state index contributed by atoms with van der Waals surface area (Å²) in [7, 11) is 1.81. The Labute approximate surface area is 136 Å². The molecule has 0 radical (unpaired) electrons. The smallest absolute Gasteiger partial charge is 0.370 e. The van der Waals surface area contributed by atoms with Crippen LogP contribution in [0.2, 0.25) is 0 Å². The Balaban J connectivity index is 1.92. The summed E-state index contributed by atoms with van der Waals surface area (Å²) in [6.07, 6.45) is -4.37. The molecule has 24 heavy (non-hydrogen) atoms. The van der Waals surface area contributed by atoms with Crippen LogP contribution in [0.15, 0.2) is 6.07 Å². The van der Waals surface area contributed by atoms with Crippen molar-refractivity contribution in [3.63, 3.8) is 0 Å². The zero-order chi connectivity index (χ0) is 17.9. The largest absolute Gasteiger partial charge is 0.411 e. The molecule has 0 bridgehead atoms. The van der Waals surface area contributed by atoms with Gasteiger partial charge in [-0.25, -0.2) is 0 Å². The van der Waals surface area contributed by atoms with E-state index < -0.39 is 18.7 Å². The highest BCUT2D eigenvalue weighted by molar-refractivity contribution is 5.93. The Morgan fingerprint density at radius 3 is 2.71 bits per heavy atom. The number of hydrogen-bond donors (Lipinski definition) is 2. The second-order valence-corrected chi connectivity index (χ2v) is 5.26. The molecule has 0 aromatic carbocycles. The van der Waals surface area contributed by atoms with Crippen LogP contribution in [0.25, 0.3) is 11.3 Å². The molecule has 2 aromatic rings. The van der Waals surface area contributed by atoms with Gasteiger partial charge in [-0.15, -0.1) is 0 Å². The summed E-state index contributed by atoms with van der Waals surface area (Å²) in [5.41, 5.74) is 3.32.